The van der Waals surface area contributed by atoms with Gasteiger partial charge < -0.3 is 10.6 Å². The highest BCUT2D eigenvalue weighted by molar-refractivity contribution is 5.89. The number of carbonyl (C=O) groups excluding carboxylic acids is 2. The van der Waals surface area contributed by atoms with Crippen LogP contribution in [0.25, 0.3) is 0 Å². The minimum Gasteiger partial charge on any atom is -0.350 e. The number of hydrogen-bond acceptors (Lipinski definition) is 2. The Morgan fingerprint density at radius 2 is 1.52 bits per heavy atom. The zero-order valence-corrected chi connectivity index (χ0v) is 13.1. The third-order valence-electron chi connectivity index (χ3n) is 4.29. The molecule has 2 fully saturated rings. The van der Waals surface area contributed by atoms with Gasteiger partial charge in [-0.2, -0.15) is 0 Å². The van der Waals surface area contributed by atoms with E-state index in [1.54, 1.807) is 12.2 Å². The predicted octanol–water partition coefficient (Wildman–Crippen LogP) is 2.46. The predicted molar refractivity (Wildman–Crippen MR) is 83.6 cm³/mol. The Morgan fingerprint density at radius 1 is 1.00 bits per heavy atom. The number of hydrogen-bond donors (Lipinski definition) is 2. The maximum Gasteiger partial charge on any atom is 0.244 e. The van der Waals surface area contributed by atoms with Crippen LogP contribution in [0, 0.1) is 5.92 Å². The van der Waals surface area contributed by atoms with E-state index < -0.39 is 0 Å². The van der Waals surface area contributed by atoms with Crippen LogP contribution in [0.15, 0.2) is 23.3 Å². The largest absolute Gasteiger partial charge is 0.350 e. The molecule has 0 aliphatic heterocycles. The molecule has 0 saturated heterocycles. The maximum absolute atomic E-state index is 11.9. The summed E-state index contributed by atoms with van der Waals surface area (Å²) >= 11 is 0. The van der Waals surface area contributed by atoms with Crippen LogP contribution in [0.2, 0.25) is 0 Å². The van der Waals surface area contributed by atoms with Crippen molar-refractivity contribution in [1.82, 2.24) is 10.6 Å². The Morgan fingerprint density at radius 3 is 1.95 bits per heavy atom. The van der Waals surface area contributed by atoms with Gasteiger partial charge in [0.1, 0.15) is 0 Å². The van der Waals surface area contributed by atoms with E-state index in [1.165, 1.54) is 24.0 Å². The Labute approximate surface area is 127 Å². The van der Waals surface area contributed by atoms with Crippen molar-refractivity contribution in [2.45, 2.75) is 58.4 Å². The fraction of sp³-hybridized carbons (Fsp3) is 0.647. The van der Waals surface area contributed by atoms with Crippen LogP contribution in [0.5, 0.6) is 0 Å². The molecule has 2 aliphatic carbocycles. The van der Waals surface area contributed by atoms with E-state index in [2.05, 4.69) is 24.5 Å². The van der Waals surface area contributed by atoms with Crippen molar-refractivity contribution < 1.29 is 9.59 Å². The molecule has 0 spiro atoms. The van der Waals surface area contributed by atoms with Crippen molar-refractivity contribution in [1.29, 1.82) is 0 Å². The second-order valence-electron chi connectivity index (χ2n) is 6.42. The van der Waals surface area contributed by atoms with Crippen molar-refractivity contribution in [2.24, 2.45) is 5.92 Å². The lowest BCUT2D eigenvalue weighted by Gasteiger charge is -2.23. The number of carbonyl (C=O) groups is 2. The lowest BCUT2D eigenvalue weighted by atomic mass is 9.92. The van der Waals surface area contributed by atoms with Crippen LogP contribution in [0.1, 0.15) is 52.4 Å². The van der Waals surface area contributed by atoms with Gasteiger partial charge in [0.25, 0.3) is 0 Å². The molecule has 0 bridgehead atoms. The minimum absolute atomic E-state index is 0.0295. The van der Waals surface area contributed by atoms with Crippen LogP contribution in [0.3, 0.4) is 0 Å². The highest BCUT2D eigenvalue weighted by Crippen LogP contribution is 2.25. The van der Waals surface area contributed by atoms with Crippen LogP contribution in [0.4, 0.5) is 0 Å². The fourth-order valence-corrected chi connectivity index (χ4v) is 2.36. The van der Waals surface area contributed by atoms with Crippen molar-refractivity contribution in [3.05, 3.63) is 23.3 Å². The molecule has 2 rings (SSSR count). The summed E-state index contributed by atoms with van der Waals surface area (Å²) in [5, 5.41) is 5.90. The van der Waals surface area contributed by atoms with Gasteiger partial charge in [0.2, 0.25) is 11.8 Å². The lowest BCUT2D eigenvalue weighted by Crippen LogP contribution is -2.46. The van der Waals surface area contributed by atoms with E-state index in [9.17, 15) is 9.59 Å². The van der Waals surface area contributed by atoms with Gasteiger partial charge >= 0.3 is 0 Å². The van der Waals surface area contributed by atoms with Gasteiger partial charge in [-0.15, -0.1) is 0 Å². The van der Waals surface area contributed by atoms with Crippen LogP contribution in [-0.4, -0.2) is 24.4 Å². The van der Waals surface area contributed by atoms with Gasteiger partial charge in [-0.3, -0.25) is 9.59 Å². The van der Waals surface area contributed by atoms with E-state index in [1.807, 2.05) is 0 Å². The Balaban J connectivity index is 1.78. The minimum atomic E-state index is -0.0399. The SMILES string of the molecule is CC(C)[C@H](CNC(=O)C=C1CCC1)NC(=O)C=C1CCC1. The van der Waals surface area contributed by atoms with Crippen molar-refractivity contribution in [2.75, 3.05) is 6.54 Å². The molecule has 1 atom stereocenters. The second kappa shape index (κ2) is 7.43. The fourth-order valence-electron chi connectivity index (χ4n) is 2.36. The molecule has 4 nitrogen and oxygen atoms in total. The molecule has 0 heterocycles. The third-order valence-corrected chi connectivity index (χ3v) is 4.29. The summed E-state index contributed by atoms with van der Waals surface area (Å²) in [5.41, 5.74) is 2.46. The molecule has 2 N–H and O–H groups in total. The molecule has 2 saturated carbocycles. The van der Waals surface area contributed by atoms with E-state index >= 15 is 0 Å². The zero-order valence-electron chi connectivity index (χ0n) is 13.1. The average molecular weight is 290 g/mol. The third kappa shape index (κ3) is 5.03. The molecule has 0 aromatic rings. The Hall–Kier alpha value is -1.58. The first-order chi connectivity index (χ1) is 10.0. The van der Waals surface area contributed by atoms with Gasteiger partial charge in [-0.05, 0) is 44.4 Å². The molecule has 2 aliphatic rings. The number of rotatable bonds is 6. The molecule has 0 aromatic carbocycles. The summed E-state index contributed by atoms with van der Waals surface area (Å²) in [5.74, 6) is 0.210. The van der Waals surface area contributed by atoms with Gasteiger partial charge in [0.15, 0.2) is 0 Å². The van der Waals surface area contributed by atoms with E-state index in [-0.39, 0.29) is 23.8 Å². The van der Waals surface area contributed by atoms with Gasteiger partial charge in [0.05, 0.1) is 0 Å². The number of allylic oxidation sites excluding steroid dienone is 2. The first kappa shape index (κ1) is 15.8. The summed E-state index contributed by atoms with van der Waals surface area (Å²) in [4.78, 5) is 23.7. The van der Waals surface area contributed by atoms with Crippen LogP contribution < -0.4 is 10.6 Å². The molecular weight excluding hydrogens is 264 g/mol. The summed E-state index contributed by atoms with van der Waals surface area (Å²) in [6, 6.07) is -0.0295. The van der Waals surface area contributed by atoms with E-state index in [0.717, 1.165) is 25.7 Å². The Kier molecular flexibility index (Phi) is 5.59. The van der Waals surface area contributed by atoms with E-state index in [0.29, 0.717) is 6.54 Å². The standard InChI is InChI=1S/C17H26N2O2/c1-12(2)15(19-17(21)10-14-7-4-8-14)11-18-16(20)9-13-5-3-6-13/h9-10,12,15H,3-8,11H2,1-2H3,(H,18,20)(H,19,21)/t15-/m0/s1. The molecule has 2 amide bonds. The zero-order chi connectivity index (χ0) is 15.2. The Bertz CT molecular complexity index is 451. The van der Waals surface area contributed by atoms with Crippen molar-refractivity contribution >= 4 is 11.8 Å². The topological polar surface area (TPSA) is 58.2 Å². The lowest BCUT2D eigenvalue weighted by molar-refractivity contribution is -0.119. The molecule has 0 unspecified atom stereocenters. The number of nitrogens with one attached hydrogen (secondary N) is 2. The van der Waals surface area contributed by atoms with Gasteiger partial charge in [-0.25, -0.2) is 0 Å². The first-order valence-corrected chi connectivity index (χ1v) is 8.02. The highest BCUT2D eigenvalue weighted by atomic mass is 16.2. The monoisotopic (exact) mass is 290 g/mol. The highest BCUT2D eigenvalue weighted by Gasteiger charge is 2.18. The number of amides is 2. The summed E-state index contributed by atoms with van der Waals surface area (Å²) in [6.45, 7) is 4.59. The van der Waals surface area contributed by atoms with E-state index in [4.69, 9.17) is 0 Å². The van der Waals surface area contributed by atoms with Crippen LogP contribution >= 0.6 is 0 Å². The normalized spacial score (nSPS) is 18.4. The quantitative estimate of drug-likeness (QED) is 0.738. The van der Waals surface area contributed by atoms with Crippen molar-refractivity contribution in [3.63, 3.8) is 0 Å². The molecule has 116 valence electrons. The van der Waals surface area contributed by atoms with Gasteiger partial charge in [-0.1, -0.05) is 25.0 Å². The summed E-state index contributed by atoms with van der Waals surface area (Å²) < 4.78 is 0. The molecule has 21 heavy (non-hydrogen) atoms. The summed E-state index contributed by atoms with van der Waals surface area (Å²) in [6.07, 6.45) is 10.00. The maximum atomic E-state index is 11.9. The molecular formula is C17H26N2O2. The average Bonchev–Trinajstić information content (AvgIpc) is 2.33. The van der Waals surface area contributed by atoms with Gasteiger partial charge in [0, 0.05) is 24.7 Å². The smallest absolute Gasteiger partial charge is 0.244 e. The molecule has 0 radical (unpaired) electrons. The van der Waals surface area contributed by atoms with Crippen molar-refractivity contribution in [3.8, 4) is 0 Å². The second-order valence-corrected chi connectivity index (χ2v) is 6.42. The van der Waals surface area contributed by atoms with Crippen LogP contribution in [-0.2, 0) is 9.59 Å². The first-order valence-electron chi connectivity index (χ1n) is 8.02. The molecule has 0 aromatic heterocycles. The molecule has 4 heteroatoms. The summed E-state index contributed by atoms with van der Waals surface area (Å²) in [7, 11) is 0.